The van der Waals surface area contributed by atoms with Gasteiger partial charge in [-0.25, -0.2) is 13.1 Å². The molecule has 0 aliphatic carbocycles. The summed E-state index contributed by atoms with van der Waals surface area (Å²) in [5, 5.41) is 9.71. The number of carboxylic acid groups (broad SMARTS) is 1. The van der Waals surface area contributed by atoms with Crippen molar-refractivity contribution in [3.63, 3.8) is 0 Å². The minimum absolute atomic E-state index is 0.201. The predicted molar refractivity (Wildman–Crippen MR) is 125 cm³/mol. The maximum atomic E-state index is 13.3. The van der Waals surface area contributed by atoms with Gasteiger partial charge in [-0.05, 0) is 29.0 Å². The Morgan fingerprint density at radius 1 is 1.09 bits per heavy atom. The van der Waals surface area contributed by atoms with Crippen molar-refractivity contribution in [3.8, 4) is 0 Å². The number of carbonyl (C=O) groups is 1. The monoisotopic (exact) mass is 482 g/mol. The summed E-state index contributed by atoms with van der Waals surface area (Å²) in [6, 6.07) is 15.6. The Morgan fingerprint density at radius 2 is 1.72 bits per heavy atom. The van der Waals surface area contributed by atoms with Crippen LogP contribution in [-0.4, -0.2) is 42.1 Å². The van der Waals surface area contributed by atoms with Crippen LogP contribution < -0.4 is 10.5 Å². The molecule has 0 aromatic heterocycles. The van der Waals surface area contributed by atoms with Gasteiger partial charge < -0.3 is 15.7 Å². The summed E-state index contributed by atoms with van der Waals surface area (Å²) in [5.41, 5.74) is 7.50. The van der Waals surface area contributed by atoms with Crippen LogP contribution in [-0.2, 0) is 32.3 Å². The maximum Gasteiger partial charge on any atom is 0.311 e. The normalized spacial score (nSPS) is 15.8. The fraction of sp³-hybridized carbons (Fsp3) is 0.409. The average Bonchev–Trinajstić information content (AvgIpc) is 2.75. The highest BCUT2D eigenvalue weighted by Gasteiger charge is 2.40. The number of carboxylic acids is 1. The van der Waals surface area contributed by atoms with Gasteiger partial charge in [0.1, 0.15) is 5.78 Å². The third-order valence-electron chi connectivity index (χ3n) is 5.20. The van der Waals surface area contributed by atoms with Gasteiger partial charge >= 0.3 is 5.97 Å². The highest BCUT2D eigenvalue weighted by Crippen LogP contribution is 2.51. The van der Waals surface area contributed by atoms with E-state index in [-0.39, 0.29) is 18.7 Å². The lowest BCUT2D eigenvalue weighted by Crippen LogP contribution is -2.41. The van der Waals surface area contributed by atoms with Crippen LogP contribution in [0.2, 0.25) is 0 Å². The lowest BCUT2D eigenvalue weighted by molar-refractivity contribution is -0.138. The van der Waals surface area contributed by atoms with Crippen LogP contribution >= 0.6 is 7.37 Å². The third-order valence-corrected chi connectivity index (χ3v) is 9.21. The van der Waals surface area contributed by atoms with E-state index in [2.05, 4.69) is 4.72 Å². The highest BCUT2D eigenvalue weighted by atomic mass is 32.2. The van der Waals surface area contributed by atoms with Crippen LogP contribution in [0.4, 0.5) is 0 Å². The minimum atomic E-state index is -4.25. The number of benzene rings is 2. The first kappa shape index (κ1) is 26.2. The van der Waals surface area contributed by atoms with Gasteiger partial charge in [-0.15, -0.1) is 0 Å². The molecule has 0 amide bonds. The smallest absolute Gasteiger partial charge is 0.311 e. The molecule has 0 heterocycles. The molecule has 3 unspecified atom stereocenters. The third kappa shape index (κ3) is 7.53. The second-order valence-corrected chi connectivity index (χ2v) is 12.4. The molecule has 0 saturated heterocycles. The molecule has 2 aromatic carbocycles. The van der Waals surface area contributed by atoms with Crippen molar-refractivity contribution < 1.29 is 27.8 Å². The Balaban J connectivity index is 2.22. The van der Waals surface area contributed by atoms with Crippen molar-refractivity contribution in [3.05, 3.63) is 71.3 Å². The molecule has 8 nitrogen and oxygen atoms in total. The van der Waals surface area contributed by atoms with Crippen LogP contribution in [0.3, 0.4) is 0 Å². The first-order valence-corrected chi connectivity index (χ1v) is 13.9. The highest BCUT2D eigenvalue weighted by molar-refractivity contribution is 7.89. The van der Waals surface area contributed by atoms with Crippen LogP contribution in [0, 0.1) is 5.92 Å². The Kier molecular flexibility index (Phi) is 9.18. The zero-order valence-corrected chi connectivity index (χ0v) is 19.9. The number of nitrogens with one attached hydrogen (secondary N) is 1. The van der Waals surface area contributed by atoms with E-state index in [4.69, 9.17) is 5.73 Å². The van der Waals surface area contributed by atoms with Crippen LogP contribution in [0.25, 0.3) is 0 Å². The van der Waals surface area contributed by atoms with Crippen molar-refractivity contribution in [1.82, 2.24) is 4.72 Å². The summed E-state index contributed by atoms with van der Waals surface area (Å²) in [5.74, 6) is -4.61. The number of nitrogens with two attached hydrogens (primary N) is 1. The molecule has 2 rings (SSSR count). The molecule has 3 atom stereocenters. The van der Waals surface area contributed by atoms with E-state index >= 15 is 0 Å². The fourth-order valence-corrected chi connectivity index (χ4v) is 7.91. The lowest BCUT2D eigenvalue weighted by atomic mass is 9.99. The molecule has 0 saturated carbocycles. The Hall–Kier alpha value is -2.03. The average molecular weight is 483 g/mol. The van der Waals surface area contributed by atoms with Crippen molar-refractivity contribution in [2.24, 2.45) is 11.7 Å². The van der Waals surface area contributed by atoms with Crippen molar-refractivity contribution in [1.29, 1.82) is 0 Å². The zero-order valence-electron chi connectivity index (χ0n) is 18.2. The van der Waals surface area contributed by atoms with Gasteiger partial charge in [0.05, 0.1) is 11.7 Å². The molecule has 0 spiro atoms. The van der Waals surface area contributed by atoms with Crippen LogP contribution in [0.15, 0.2) is 54.6 Å². The zero-order chi connectivity index (χ0) is 23.9. The van der Waals surface area contributed by atoms with E-state index in [1.165, 1.54) is 0 Å². The van der Waals surface area contributed by atoms with Gasteiger partial charge in [0.2, 0.25) is 17.4 Å². The Labute approximate surface area is 189 Å². The second-order valence-electron chi connectivity index (χ2n) is 8.14. The Bertz CT molecular complexity index is 1060. The summed E-state index contributed by atoms with van der Waals surface area (Å²) >= 11 is 0. The standard InChI is InChI=1S/C22H31N2O6PS/c1-16(2)21(24-32(29,30)12-11-17-7-4-3-5-8-17)31(27,28)15-20(22(25)26)19-10-6-9-18(13-19)14-23/h3-10,13,16,20-21,24H,11-12,14-15,23H2,1-2H3,(H,25,26)(H,27,28). The number of hydrogen-bond donors (Lipinski definition) is 4. The van der Waals surface area contributed by atoms with E-state index in [0.717, 1.165) is 5.56 Å². The molecule has 10 heteroatoms. The molecule has 5 N–H and O–H groups in total. The maximum absolute atomic E-state index is 13.3. The van der Waals surface area contributed by atoms with Gasteiger partial charge in [-0.2, -0.15) is 0 Å². The molecule has 0 fully saturated rings. The SMILES string of the molecule is CC(C)C(NS(=O)(=O)CCc1ccccc1)P(=O)(O)CC(C(=O)O)c1cccc(CN)c1. The van der Waals surface area contributed by atoms with Crippen LogP contribution in [0.5, 0.6) is 0 Å². The molecule has 0 aliphatic heterocycles. The van der Waals surface area contributed by atoms with Gasteiger partial charge in [0.25, 0.3) is 0 Å². The van der Waals surface area contributed by atoms with Gasteiger partial charge in [0.15, 0.2) is 0 Å². The predicted octanol–water partition coefficient (Wildman–Crippen LogP) is 2.73. The number of hydrogen-bond acceptors (Lipinski definition) is 5. The van der Waals surface area contributed by atoms with Crippen molar-refractivity contribution in [2.45, 2.75) is 38.5 Å². The van der Waals surface area contributed by atoms with Crippen molar-refractivity contribution >= 4 is 23.4 Å². The number of sulfonamides is 1. The van der Waals surface area contributed by atoms with Gasteiger partial charge in [-0.3, -0.25) is 9.36 Å². The molecule has 2 aromatic rings. The topological polar surface area (TPSA) is 147 Å². The molecule has 0 radical (unpaired) electrons. The van der Waals surface area contributed by atoms with E-state index in [1.807, 2.05) is 6.07 Å². The first-order chi connectivity index (χ1) is 14.9. The minimum Gasteiger partial charge on any atom is -0.481 e. The summed E-state index contributed by atoms with van der Waals surface area (Å²) in [6.07, 6.45) is -0.346. The molecule has 0 aliphatic rings. The van der Waals surface area contributed by atoms with E-state index in [0.29, 0.717) is 11.1 Å². The largest absolute Gasteiger partial charge is 0.481 e. The second kappa shape index (κ2) is 11.2. The first-order valence-electron chi connectivity index (χ1n) is 10.3. The number of rotatable bonds is 12. The fourth-order valence-electron chi connectivity index (χ4n) is 3.46. The Morgan fingerprint density at radius 3 is 2.28 bits per heavy atom. The van der Waals surface area contributed by atoms with E-state index < -0.39 is 47.1 Å². The number of aryl methyl sites for hydroxylation is 1. The van der Waals surface area contributed by atoms with Crippen LogP contribution in [0.1, 0.15) is 36.5 Å². The summed E-state index contributed by atoms with van der Waals surface area (Å²) in [7, 11) is -8.14. The molecular formula is C22H31N2O6PS. The van der Waals surface area contributed by atoms with E-state index in [9.17, 15) is 27.8 Å². The van der Waals surface area contributed by atoms with E-state index in [1.54, 1.807) is 62.4 Å². The number of aliphatic carboxylic acids is 1. The molecule has 0 bridgehead atoms. The molecule has 32 heavy (non-hydrogen) atoms. The van der Waals surface area contributed by atoms with Gasteiger partial charge in [-0.1, -0.05) is 68.4 Å². The molecular weight excluding hydrogens is 451 g/mol. The molecule has 176 valence electrons. The van der Waals surface area contributed by atoms with Gasteiger partial charge in [0, 0.05) is 12.7 Å². The summed E-state index contributed by atoms with van der Waals surface area (Å²) in [6.45, 7) is 3.45. The summed E-state index contributed by atoms with van der Waals surface area (Å²) < 4.78 is 41.0. The van der Waals surface area contributed by atoms with Crippen molar-refractivity contribution in [2.75, 3.05) is 11.9 Å². The quantitative estimate of drug-likeness (QED) is 0.340. The lowest BCUT2D eigenvalue weighted by Gasteiger charge is -2.29. The summed E-state index contributed by atoms with van der Waals surface area (Å²) in [4.78, 5) is 22.8.